The maximum Gasteiger partial charge on any atom is 0.295 e. The molecule has 0 aliphatic carbocycles. The second-order valence-electron chi connectivity index (χ2n) is 10.5. The number of nitrogens with zero attached hydrogens (tertiary/aromatic N) is 1. The highest BCUT2D eigenvalue weighted by molar-refractivity contribution is 6.46. The highest BCUT2D eigenvalue weighted by Crippen LogP contribution is 2.39. The molecule has 1 aliphatic rings. The van der Waals surface area contributed by atoms with Crippen LogP contribution in [0.25, 0.3) is 5.76 Å². The van der Waals surface area contributed by atoms with Gasteiger partial charge in [0.1, 0.15) is 11.6 Å². The van der Waals surface area contributed by atoms with E-state index in [9.17, 15) is 19.1 Å². The van der Waals surface area contributed by atoms with Crippen molar-refractivity contribution in [1.29, 1.82) is 0 Å². The number of hydrogen-bond donors (Lipinski definition) is 1. The molecule has 1 atom stereocenters. The van der Waals surface area contributed by atoms with E-state index in [0.29, 0.717) is 17.7 Å². The minimum absolute atomic E-state index is 0.0678. The number of aliphatic hydroxyl groups excluding tert-OH is 1. The molecule has 0 bridgehead atoms. The maximum atomic E-state index is 13.6. The zero-order valence-electron chi connectivity index (χ0n) is 23.0. The van der Waals surface area contributed by atoms with E-state index in [0.717, 1.165) is 19.3 Å². The van der Waals surface area contributed by atoms with Crippen LogP contribution in [0.2, 0.25) is 0 Å². The molecule has 3 rings (SSSR count). The lowest BCUT2D eigenvalue weighted by Gasteiger charge is -2.25. The fourth-order valence-electron chi connectivity index (χ4n) is 5.33. The molecule has 4 nitrogen and oxygen atoms in total. The first-order chi connectivity index (χ1) is 18.5. The molecule has 1 fully saturated rings. The van der Waals surface area contributed by atoms with Crippen LogP contribution in [0, 0.1) is 5.82 Å². The second-order valence-corrected chi connectivity index (χ2v) is 10.5. The number of benzene rings is 2. The van der Waals surface area contributed by atoms with Crippen molar-refractivity contribution in [3.63, 3.8) is 0 Å². The summed E-state index contributed by atoms with van der Waals surface area (Å²) in [7, 11) is 0. The van der Waals surface area contributed by atoms with E-state index in [1.54, 1.807) is 41.3 Å². The Balaban J connectivity index is 1.50. The Hall–Kier alpha value is -2.95. The van der Waals surface area contributed by atoms with Gasteiger partial charge in [-0.25, -0.2) is 4.39 Å². The number of halogens is 1. The number of amides is 1. The van der Waals surface area contributed by atoms with E-state index in [1.807, 2.05) is 6.07 Å². The van der Waals surface area contributed by atoms with E-state index in [2.05, 4.69) is 6.92 Å². The fourth-order valence-corrected chi connectivity index (χ4v) is 5.33. The number of unbranched alkanes of at least 4 members (excludes halogenated alkanes) is 13. The van der Waals surface area contributed by atoms with Crippen LogP contribution in [-0.2, 0) is 9.59 Å². The highest BCUT2D eigenvalue weighted by Gasteiger charge is 2.45. The summed E-state index contributed by atoms with van der Waals surface area (Å²) in [5, 5.41) is 11.0. The van der Waals surface area contributed by atoms with Gasteiger partial charge in [-0.1, -0.05) is 133 Å². The van der Waals surface area contributed by atoms with E-state index >= 15 is 0 Å². The van der Waals surface area contributed by atoms with Crippen LogP contribution in [0.1, 0.15) is 114 Å². The van der Waals surface area contributed by atoms with Gasteiger partial charge in [0.25, 0.3) is 11.7 Å². The molecule has 0 saturated carbocycles. The summed E-state index contributed by atoms with van der Waals surface area (Å²) in [6.07, 6.45) is 17.4. The molecule has 2 aromatic carbocycles. The third-order valence-corrected chi connectivity index (χ3v) is 7.53. The summed E-state index contributed by atoms with van der Waals surface area (Å²) in [4.78, 5) is 27.6. The lowest BCUT2D eigenvalue weighted by molar-refractivity contribution is -0.139. The average molecular weight is 522 g/mol. The van der Waals surface area contributed by atoms with Crippen LogP contribution in [0.3, 0.4) is 0 Å². The van der Waals surface area contributed by atoms with E-state index < -0.39 is 17.7 Å². The van der Waals surface area contributed by atoms with Crippen molar-refractivity contribution >= 4 is 17.4 Å². The quantitative estimate of drug-likeness (QED) is 0.0980. The fraction of sp³-hybridized carbons (Fsp3) is 0.515. The van der Waals surface area contributed by atoms with Crippen LogP contribution in [-0.4, -0.2) is 28.2 Å². The van der Waals surface area contributed by atoms with Crippen LogP contribution >= 0.6 is 0 Å². The number of rotatable bonds is 17. The Morgan fingerprint density at radius 3 is 1.76 bits per heavy atom. The standard InChI is InChI=1S/C33H44FNO3/c1-2-3-4-5-6-7-8-9-10-11-12-13-14-18-25-35-30(26-21-23-28(34)24-22-26)29(32(37)33(35)38)31(36)27-19-16-15-17-20-27/h15-17,19-24,30,36H,2-14,18,25H2,1H3. The second kappa shape index (κ2) is 16.1. The Bertz CT molecular complexity index is 1030. The van der Waals surface area contributed by atoms with E-state index in [1.165, 1.54) is 82.8 Å². The van der Waals surface area contributed by atoms with Crippen LogP contribution in [0.5, 0.6) is 0 Å². The Morgan fingerprint density at radius 1 is 0.737 bits per heavy atom. The zero-order valence-corrected chi connectivity index (χ0v) is 23.0. The molecule has 1 amide bonds. The number of hydrogen-bond acceptors (Lipinski definition) is 3. The van der Waals surface area contributed by atoms with Crippen molar-refractivity contribution in [2.24, 2.45) is 0 Å². The van der Waals surface area contributed by atoms with E-state index in [4.69, 9.17) is 0 Å². The highest BCUT2D eigenvalue weighted by atomic mass is 19.1. The summed E-state index contributed by atoms with van der Waals surface area (Å²) in [6.45, 7) is 2.68. The van der Waals surface area contributed by atoms with E-state index in [-0.39, 0.29) is 17.1 Å². The van der Waals surface area contributed by atoms with Crippen LogP contribution in [0.15, 0.2) is 60.2 Å². The van der Waals surface area contributed by atoms with Gasteiger partial charge in [-0.15, -0.1) is 0 Å². The minimum atomic E-state index is -0.724. The third-order valence-electron chi connectivity index (χ3n) is 7.53. The normalized spacial score (nSPS) is 16.9. The van der Waals surface area contributed by atoms with Gasteiger partial charge in [0.15, 0.2) is 0 Å². The van der Waals surface area contributed by atoms with Crippen molar-refractivity contribution in [1.82, 2.24) is 4.90 Å². The molecule has 1 N–H and O–H groups in total. The third kappa shape index (κ3) is 8.54. The molecule has 206 valence electrons. The molecule has 0 radical (unpaired) electrons. The monoisotopic (exact) mass is 521 g/mol. The van der Waals surface area contributed by atoms with Crippen LogP contribution in [0.4, 0.5) is 4.39 Å². The first-order valence-electron chi connectivity index (χ1n) is 14.6. The molecule has 1 saturated heterocycles. The SMILES string of the molecule is CCCCCCCCCCCCCCCCN1C(=O)C(=O)C(=C(O)c2ccccc2)C1c1ccc(F)cc1. The van der Waals surface area contributed by atoms with Crippen molar-refractivity contribution < 1.29 is 19.1 Å². The van der Waals surface area contributed by atoms with Gasteiger partial charge in [0, 0.05) is 12.1 Å². The van der Waals surface area contributed by atoms with Gasteiger partial charge in [0.2, 0.25) is 0 Å². The van der Waals surface area contributed by atoms with Gasteiger partial charge in [-0.05, 0) is 24.1 Å². The molecule has 0 aromatic heterocycles. The number of aliphatic hydroxyl groups is 1. The van der Waals surface area contributed by atoms with Crippen molar-refractivity contribution in [2.45, 2.75) is 103 Å². The first kappa shape index (κ1) is 29.6. The Kier molecular flexibility index (Phi) is 12.5. The number of ketones is 1. The molecule has 38 heavy (non-hydrogen) atoms. The smallest absolute Gasteiger partial charge is 0.295 e. The lowest BCUT2D eigenvalue weighted by atomic mass is 9.95. The van der Waals surface area contributed by atoms with Crippen molar-refractivity contribution in [3.8, 4) is 0 Å². The molecule has 0 spiro atoms. The molecule has 5 heteroatoms. The lowest BCUT2D eigenvalue weighted by Crippen LogP contribution is -2.30. The largest absolute Gasteiger partial charge is 0.507 e. The zero-order chi connectivity index (χ0) is 27.2. The summed E-state index contributed by atoms with van der Waals surface area (Å²) < 4.78 is 13.6. The van der Waals surface area contributed by atoms with Gasteiger partial charge in [-0.2, -0.15) is 0 Å². The minimum Gasteiger partial charge on any atom is -0.507 e. The summed E-state index contributed by atoms with van der Waals surface area (Å²) >= 11 is 0. The number of likely N-dealkylation sites (tertiary alicyclic amines) is 1. The molecule has 1 aliphatic heterocycles. The van der Waals surface area contributed by atoms with Gasteiger partial charge < -0.3 is 10.0 Å². The maximum absolute atomic E-state index is 13.6. The molecular formula is C33H44FNO3. The first-order valence-corrected chi connectivity index (χ1v) is 14.6. The number of carbonyl (C=O) groups excluding carboxylic acids is 2. The van der Waals surface area contributed by atoms with Gasteiger partial charge >= 0.3 is 0 Å². The van der Waals surface area contributed by atoms with Crippen LogP contribution < -0.4 is 0 Å². The Labute approximate surface area is 227 Å². The van der Waals surface area contributed by atoms with Gasteiger partial charge in [0.05, 0.1) is 11.6 Å². The summed E-state index contributed by atoms with van der Waals surface area (Å²) in [6, 6.07) is 13.9. The van der Waals surface area contributed by atoms with Gasteiger partial charge in [-0.3, -0.25) is 9.59 Å². The summed E-state index contributed by atoms with van der Waals surface area (Å²) in [5.74, 6) is -1.87. The number of Topliss-reactive ketones (excluding diaryl/α,β-unsaturated/α-hetero) is 1. The molecule has 1 heterocycles. The molecule has 2 aromatic rings. The molecule has 1 unspecified atom stereocenters. The molecular weight excluding hydrogens is 477 g/mol. The Morgan fingerprint density at radius 2 is 1.24 bits per heavy atom. The average Bonchev–Trinajstić information content (AvgIpc) is 3.18. The topological polar surface area (TPSA) is 57.6 Å². The number of carbonyl (C=O) groups is 2. The summed E-state index contributed by atoms with van der Waals surface area (Å²) in [5.41, 5.74) is 1.17. The van der Waals surface area contributed by atoms with Crippen molar-refractivity contribution in [3.05, 3.63) is 77.1 Å². The predicted molar refractivity (Wildman–Crippen MR) is 152 cm³/mol. The van der Waals surface area contributed by atoms with Crippen molar-refractivity contribution in [2.75, 3.05) is 6.54 Å². The predicted octanol–water partition coefficient (Wildman–Crippen LogP) is 8.73.